The Balaban J connectivity index is 2.27. The van der Waals surface area contributed by atoms with Crippen LogP contribution in [0.1, 0.15) is 15.5 Å². The molecule has 0 fully saturated rings. The molecule has 0 spiro atoms. The minimum absolute atomic E-state index is 0.0867. The van der Waals surface area contributed by atoms with Crippen LogP contribution in [0.2, 0.25) is 0 Å². The van der Waals surface area contributed by atoms with E-state index in [-0.39, 0.29) is 5.91 Å². The molecule has 0 saturated heterocycles. The van der Waals surface area contributed by atoms with E-state index < -0.39 is 0 Å². The van der Waals surface area contributed by atoms with Crippen LogP contribution in [0.5, 0.6) is 0 Å². The lowest BCUT2D eigenvalue weighted by Crippen LogP contribution is -2.20. The highest BCUT2D eigenvalue weighted by atomic mass is 32.2. The normalized spacial score (nSPS) is 16.9. The van der Waals surface area contributed by atoms with Gasteiger partial charge in [-0.2, -0.15) is 0 Å². The number of thiazole rings is 1. The zero-order chi connectivity index (χ0) is 10.8. The average molecular weight is 243 g/mol. The summed E-state index contributed by atoms with van der Waals surface area (Å²) in [7, 11) is 3.71. The van der Waals surface area contributed by atoms with Gasteiger partial charge >= 0.3 is 0 Å². The van der Waals surface area contributed by atoms with Gasteiger partial charge in [0.05, 0.1) is 9.90 Å². The molecular weight excluding hydrogens is 230 g/mol. The number of hydrogen-bond donors (Lipinski definition) is 1. The van der Waals surface area contributed by atoms with E-state index in [1.54, 1.807) is 18.8 Å². The molecule has 0 bridgehead atoms. The first-order valence-electron chi connectivity index (χ1n) is 4.74. The molecule has 0 aliphatic carbocycles. The van der Waals surface area contributed by atoms with Crippen molar-refractivity contribution >= 4 is 29.0 Å². The van der Waals surface area contributed by atoms with Crippen LogP contribution in [-0.2, 0) is 6.54 Å². The van der Waals surface area contributed by atoms with Gasteiger partial charge in [0, 0.05) is 25.9 Å². The van der Waals surface area contributed by atoms with Crippen molar-refractivity contribution in [2.45, 2.75) is 10.8 Å². The highest BCUT2D eigenvalue weighted by Gasteiger charge is 2.19. The summed E-state index contributed by atoms with van der Waals surface area (Å²) in [5.41, 5.74) is 1.05. The molecule has 1 N–H and O–H groups in total. The number of aromatic nitrogens is 1. The smallest absolute Gasteiger partial charge is 0.280 e. The zero-order valence-corrected chi connectivity index (χ0v) is 10.4. The Morgan fingerprint density at radius 3 is 3.13 bits per heavy atom. The molecule has 2 rings (SSSR count). The van der Waals surface area contributed by atoms with Crippen molar-refractivity contribution in [1.29, 1.82) is 0 Å². The van der Waals surface area contributed by atoms with Crippen LogP contribution in [0.4, 0.5) is 0 Å². The number of amides is 1. The van der Waals surface area contributed by atoms with Crippen molar-refractivity contribution in [3.63, 3.8) is 0 Å². The molecule has 1 aliphatic heterocycles. The molecule has 0 atom stereocenters. The number of thioether (sulfide) groups is 1. The average Bonchev–Trinajstić information content (AvgIpc) is 2.53. The summed E-state index contributed by atoms with van der Waals surface area (Å²) in [6, 6.07) is 0. The fraction of sp³-hybridized carbons (Fsp3) is 0.556. The lowest BCUT2D eigenvalue weighted by molar-refractivity contribution is 0.0962. The Bertz CT molecular complexity index is 377. The maximum atomic E-state index is 11.4. The number of carbonyl (C=O) groups is 1. The number of nitrogens with zero attached hydrogens (tertiary/aromatic N) is 2. The molecule has 1 aliphatic rings. The van der Waals surface area contributed by atoms with Gasteiger partial charge in [0.25, 0.3) is 5.91 Å². The van der Waals surface area contributed by atoms with Crippen molar-refractivity contribution in [1.82, 2.24) is 15.2 Å². The summed E-state index contributed by atoms with van der Waals surface area (Å²) in [5, 5.41) is 3.18. The van der Waals surface area contributed by atoms with E-state index in [9.17, 15) is 4.79 Å². The van der Waals surface area contributed by atoms with E-state index in [0.717, 1.165) is 24.5 Å². The molecule has 1 amide bonds. The Kier molecular flexibility index (Phi) is 3.28. The Hall–Kier alpha value is -0.590. The predicted molar refractivity (Wildman–Crippen MR) is 62.6 cm³/mol. The van der Waals surface area contributed by atoms with Gasteiger partial charge in [0.2, 0.25) is 0 Å². The summed E-state index contributed by atoms with van der Waals surface area (Å²) in [6.07, 6.45) is 0. The Morgan fingerprint density at radius 2 is 2.40 bits per heavy atom. The third-order valence-corrected chi connectivity index (χ3v) is 4.59. The number of hydrogen-bond acceptors (Lipinski definition) is 5. The maximum absolute atomic E-state index is 11.4. The van der Waals surface area contributed by atoms with E-state index >= 15 is 0 Å². The summed E-state index contributed by atoms with van der Waals surface area (Å²) in [4.78, 5) is 18.0. The first-order chi connectivity index (χ1) is 7.20. The molecule has 4 nitrogen and oxygen atoms in total. The molecular formula is C9H13N3OS2. The first kappa shape index (κ1) is 10.9. The molecule has 15 heavy (non-hydrogen) atoms. The first-order valence-corrected chi connectivity index (χ1v) is 6.54. The lowest BCUT2D eigenvalue weighted by atomic mass is 10.4. The van der Waals surface area contributed by atoms with Crippen LogP contribution in [-0.4, -0.2) is 42.2 Å². The van der Waals surface area contributed by atoms with Gasteiger partial charge in [-0.1, -0.05) is 0 Å². The lowest BCUT2D eigenvalue weighted by Gasteiger charge is -2.10. The van der Waals surface area contributed by atoms with Crippen LogP contribution in [0, 0.1) is 0 Å². The summed E-state index contributed by atoms with van der Waals surface area (Å²) < 4.78 is 1.19. The SMILES string of the molecule is CNC(=O)c1nc2c(s1)SCCN(C)C2. The highest BCUT2D eigenvalue weighted by molar-refractivity contribution is 8.01. The largest absolute Gasteiger partial charge is 0.353 e. The van der Waals surface area contributed by atoms with Crippen molar-refractivity contribution in [2.24, 2.45) is 0 Å². The quantitative estimate of drug-likeness (QED) is 0.800. The summed E-state index contributed by atoms with van der Waals surface area (Å²) >= 11 is 3.29. The molecule has 0 saturated carbocycles. The molecule has 0 radical (unpaired) electrons. The van der Waals surface area contributed by atoms with Crippen molar-refractivity contribution in [3.05, 3.63) is 10.7 Å². The second kappa shape index (κ2) is 4.51. The Morgan fingerprint density at radius 1 is 1.60 bits per heavy atom. The van der Waals surface area contributed by atoms with Crippen LogP contribution >= 0.6 is 23.1 Å². The number of nitrogens with one attached hydrogen (secondary N) is 1. The van der Waals surface area contributed by atoms with Gasteiger partial charge in [-0.3, -0.25) is 9.69 Å². The van der Waals surface area contributed by atoms with Gasteiger partial charge in [0.1, 0.15) is 0 Å². The van der Waals surface area contributed by atoms with Crippen molar-refractivity contribution in [3.8, 4) is 0 Å². The Labute approximate surface area is 97.1 Å². The van der Waals surface area contributed by atoms with E-state index in [1.165, 1.54) is 15.5 Å². The number of fused-ring (bicyclic) bond motifs is 1. The van der Waals surface area contributed by atoms with E-state index in [1.807, 2.05) is 0 Å². The molecule has 6 heteroatoms. The van der Waals surface area contributed by atoms with Crippen LogP contribution in [0.15, 0.2) is 4.21 Å². The molecule has 1 aromatic heterocycles. The van der Waals surface area contributed by atoms with Gasteiger partial charge in [0.15, 0.2) is 5.01 Å². The number of carbonyl (C=O) groups excluding carboxylic acids is 1. The van der Waals surface area contributed by atoms with Gasteiger partial charge in [-0.05, 0) is 7.05 Å². The minimum atomic E-state index is -0.0867. The fourth-order valence-corrected chi connectivity index (χ4v) is 3.73. The monoisotopic (exact) mass is 243 g/mol. The van der Waals surface area contributed by atoms with Gasteiger partial charge < -0.3 is 5.32 Å². The van der Waals surface area contributed by atoms with E-state index in [0.29, 0.717) is 5.01 Å². The molecule has 82 valence electrons. The maximum Gasteiger partial charge on any atom is 0.280 e. The van der Waals surface area contributed by atoms with Crippen molar-refractivity contribution < 1.29 is 4.79 Å². The van der Waals surface area contributed by atoms with Crippen LogP contribution < -0.4 is 5.32 Å². The molecule has 0 unspecified atom stereocenters. The van der Waals surface area contributed by atoms with Crippen molar-refractivity contribution in [2.75, 3.05) is 26.4 Å². The second-order valence-corrected chi connectivity index (χ2v) is 5.78. The van der Waals surface area contributed by atoms with Gasteiger partial charge in [-0.25, -0.2) is 4.98 Å². The zero-order valence-electron chi connectivity index (χ0n) is 8.74. The van der Waals surface area contributed by atoms with Crippen LogP contribution in [0.25, 0.3) is 0 Å². The summed E-state index contributed by atoms with van der Waals surface area (Å²) in [6.45, 7) is 1.92. The molecule has 0 aromatic carbocycles. The van der Waals surface area contributed by atoms with Crippen LogP contribution in [0.3, 0.4) is 0 Å². The third-order valence-electron chi connectivity index (χ3n) is 2.21. The number of rotatable bonds is 1. The molecule has 2 heterocycles. The van der Waals surface area contributed by atoms with E-state index in [4.69, 9.17) is 0 Å². The predicted octanol–water partition coefficient (Wildman–Crippen LogP) is 1.04. The molecule has 1 aromatic rings. The standard InChI is InChI=1S/C9H13N3OS2/c1-10-7(13)8-11-6-5-12(2)3-4-14-9(6)15-8/h3-5H2,1-2H3,(H,10,13). The fourth-order valence-electron chi connectivity index (χ4n) is 1.38. The summed E-state index contributed by atoms with van der Waals surface area (Å²) in [5.74, 6) is 0.982. The highest BCUT2D eigenvalue weighted by Crippen LogP contribution is 2.32. The minimum Gasteiger partial charge on any atom is -0.353 e. The van der Waals surface area contributed by atoms with E-state index in [2.05, 4.69) is 22.2 Å². The third kappa shape index (κ3) is 2.32. The van der Waals surface area contributed by atoms with Gasteiger partial charge in [-0.15, -0.1) is 23.1 Å². The second-order valence-electron chi connectivity index (χ2n) is 3.42. The topological polar surface area (TPSA) is 45.2 Å².